The van der Waals surface area contributed by atoms with Gasteiger partial charge in [-0.3, -0.25) is 4.99 Å². The van der Waals surface area contributed by atoms with E-state index in [1.54, 1.807) is 0 Å². The van der Waals surface area contributed by atoms with E-state index in [0.29, 0.717) is 0 Å². The molecule has 0 amide bonds. The smallest absolute Gasteiger partial charge is 0.102 e. The molecule has 0 radical (unpaired) electrons. The lowest BCUT2D eigenvalue weighted by molar-refractivity contribution is 0.131. The van der Waals surface area contributed by atoms with Crippen molar-refractivity contribution in [2.24, 2.45) is 10.9 Å². The van der Waals surface area contributed by atoms with Crippen LogP contribution in [0.25, 0.3) is 0 Å². The van der Waals surface area contributed by atoms with E-state index in [-0.39, 0.29) is 12.0 Å². The number of aliphatic hydroxyl groups excluding tert-OH is 1. The van der Waals surface area contributed by atoms with Gasteiger partial charge in [0.05, 0.1) is 12.6 Å². The van der Waals surface area contributed by atoms with Gasteiger partial charge in [-0.2, -0.15) is 0 Å². The third-order valence-corrected chi connectivity index (χ3v) is 2.37. The average molecular weight is 170 g/mol. The highest BCUT2D eigenvalue weighted by Gasteiger charge is 2.22. The molecule has 0 bridgehead atoms. The monoisotopic (exact) mass is 170 g/mol. The molecule has 1 aliphatic heterocycles. The van der Waals surface area contributed by atoms with Gasteiger partial charge in [-0.05, 0) is 12.8 Å². The van der Waals surface area contributed by atoms with Crippen molar-refractivity contribution in [1.29, 1.82) is 0 Å². The van der Waals surface area contributed by atoms with Crippen molar-refractivity contribution in [2.75, 3.05) is 13.1 Å². The summed E-state index contributed by atoms with van der Waals surface area (Å²) in [5.74, 6) is 1.23. The lowest BCUT2D eigenvalue weighted by atomic mass is 9.96. The summed E-state index contributed by atoms with van der Waals surface area (Å²) in [7, 11) is 0. The van der Waals surface area contributed by atoms with Crippen molar-refractivity contribution in [3.63, 3.8) is 0 Å². The molecule has 1 rings (SSSR count). The molecule has 70 valence electrons. The fraction of sp³-hybridized carbons (Fsp3) is 0.889. The van der Waals surface area contributed by atoms with Crippen LogP contribution in [-0.4, -0.2) is 30.1 Å². The minimum absolute atomic E-state index is 0.220. The molecule has 1 aliphatic rings. The zero-order valence-electron chi connectivity index (χ0n) is 7.88. The van der Waals surface area contributed by atoms with Gasteiger partial charge in [-0.15, -0.1) is 0 Å². The Balaban J connectivity index is 2.54. The maximum absolute atomic E-state index is 9.66. The maximum Gasteiger partial charge on any atom is 0.102 e. The number of amidine groups is 1. The van der Waals surface area contributed by atoms with Gasteiger partial charge < -0.3 is 10.4 Å². The van der Waals surface area contributed by atoms with Crippen LogP contribution < -0.4 is 5.32 Å². The summed E-state index contributed by atoms with van der Waals surface area (Å²) in [6, 6.07) is 0. The predicted molar refractivity (Wildman–Crippen MR) is 50.4 cm³/mol. The van der Waals surface area contributed by atoms with Gasteiger partial charge in [0.15, 0.2) is 0 Å². The number of aliphatic hydroxyl groups is 1. The average Bonchev–Trinajstić information content (AvgIpc) is 2.58. The van der Waals surface area contributed by atoms with Crippen molar-refractivity contribution in [3.8, 4) is 0 Å². The molecule has 0 aliphatic carbocycles. The second-order valence-electron chi connectivity index (χ2n) is 3.18. The second-order valence-corrected chi connectivity index (χ2v) is 3.18. The summed E-state index contributed by atoms with van der Waals surface area (Å²) in [5, 5.41) is 12.9. The molecule has 0 aromatic heterocycles. The van der Waals surface area contributed by atoms with Crippen molar-refractivity contribution < 1.29 is 5.11 Å². The van der Waals surface area contributed by atoms with Crippen LogP contribution in [0.2, 0.25) is 0 Å². The maximum atomic E-state index is 9.66. The predicted octanol–water partition coefficient (Wildman–Crippen LogP) is 0.785. The SMILES string of the molecule is CCC(O)C(CC)C1=NCCN1. The van der Waals surface area contributed by atoms with E-state index < -0.39 is 0 Å². The third kappa shape index (κ3) is 1.97. The minimum Gasteiger partial charge on any atom is -0.392 e. The first-order valence-electron chi connectivity index (χ1n) is 4.75. The number of nitrogens with one attached hydrogen (secondary N) is 1. The number of aliphatic imine (C=N–C) groups is 1. The molecule has 0 spiro atoms. The van der Waals surface area contributed by atoms with E-state index in [2.05, 4.69) is 17.2 Å². The van der Waals surface area contributed by atoms with E-state index in [1.165, 1.54) is 0 Å². The highest BCUT2D eigenvalue weighted by Crippen LogP contribution is 2.14. The molecular formula is C9H18N2O. The van der Waals surface area contributed by atoms with E-state index in [4.69, 9.17) is 0 Å². The van der Waals surface area contributed by atoms with Crippen LogP contribution in [0.5, 0.6) is 0 Å². The first-order chi connectivity index (χ1) is 5.79. The van der Waals surface area contributed by atoms with Gasteiger partial charge in [0, 0.05) is 12.5 Å². The summed E-state index contributed by atoms with van der Waals surface area (Å²) in [6.45, 7) is 5.89. The summed E-state index contributed by atoms with van der Waals surface area (Å²) in [5.41, 5.74) is 0. The Kier molecular flexibility index (Phi) is 3.53. The first-order valence-corrected chi connectivity index (χ1v) is 4.75. The summed E-state index contributed by atoms with van der Waals surface area (Å²) in [6.07, 6.45) is 1.53. The van der Waals surface area contributed by atoms with Crippen LogP contribution in [0.4, 0.5) is 0 Å². The Morgan fingerprint density at radius 1 is 1.50 bits per heavy atom. The van der Waals surface area contributed by atoms with Gasteiger partial charge in [0.1, 0.15) is 5.84 Å². The molecule has 1 heterocycles. The Morgan fingerprint density at radius 3 is 2.67 bits per heavy atom. The molecule has 3 nitrogen and oxygen atoms in total. The molecular weight excluding hydrogens is 152 g/mol. The largest absolute Gasteiger partial charge is 0.392 e. The number of nitrogens with zero attached hydrogens (tertiary/aromatic N) is 1. The highest BCUT2D eigenvalue weighted by molar-refractivity contribution is 5.86. The van der Waals surface area contributed by atoms with Crippen LogP contribution in [0.15, 0.2) is 4.99 Å². The number of hydrogen-bond acceptors (Lipinski definition) is 3. The van der Waals surface area contributed by atoms with Crippen LogP contribution in [0.3, 0.4) is 0 Å². The zero-order chi connectivity index (χ0) is 8.97. The van der Waals surface area contributed by atoms with Crippen molar-refractivity contribution in [3.05, 3.63) is 0 Å². The Bertz CT molecular complexity index is 168. The lowest BCUT2D eigenvalue weighted by Crippen LogP contribution is -2.34. The van der Waals surface area contributed by atoms with Crippen molar-refractivity contribution in [2.45, 2.75) is 32.8 Å². The molecule has 12 heavy (non-hydrogen) atoms. The van der Waals surface area contributed by atoms with Gasteiger partial charge in [0.2, 0.25) is 0 Å². The lowest BCUT2D eigenvalue weighted by Gasteiger charge is -2.20. The van der Waals surface area contributed by atoms with E-state index in [0.717, 1.165) is 31.8 Å². The van der Waals surface area contributed by atoms with Gasteiger partial charge in [0.25, 0.3) is 0 Å². The van der Waals surface area contributed by atoms with E-state index in [1.807, 2.05) is 6.92 Å². The Morgan fingerprint density at radius 2 is 2.25 bits per heavy atom. The minimum atomic E-state index is -0.237. The normalized spacial score (nSPS) is 21.4. The van der Waals surface area contributed by atoms with Crippen LogP contribution in [0.1, 0.15) is 26.7 Å². The molecule has 0 saturated heterocycles. The fourth-order valence-corrected chi connectivity index (χ4v) is 1.60. The van der Waals surface area contributed by atoms with Gasteiger partial charge in [-0.1, -0.05) is 13.8 Å². The molecule has 2 unspecified atom stereocenters. The number of hydrogen-bond donors (Lipinski definition) is 2. The van der Waals surface area contributed by atoms with Crippen molar-refractivity contribution in [1.82, 2.24) is 5.32 Å². The Hall–Kier alpha value is -0.570. The first kappa shape index (κ1) is 9.52. The molecule has 0 aromatic carbocycles. The zero-order valence-corrected chi connectivity index (χ0v) is 7.88. The summed E-state index contributed by atoms with van der Waals surface area (Å²) < 4.78 is 0. The summed E-state index contributed by atoms with van der Waals surface area (Å²) in [4.78, 5) is 4.32. The van der Waals surface area contributed by atoms with Crippen molar-refractivity contribution >= 4 is 5.84 Å². The molecule has 0 saturated carbocycles. The molecule has 0 aromatic rings. The topological polar surface area (TPSA) is 44.6 Å². The quantitative estimate of drug-likeness (QED) is 0.655. The fourth-order valence-electron chi connectivity index (χ4n) is 1.60. The Labute approximate surface area is 73.9 Å². The molecule has 0 fully saturated rings. The van der Waals surface area contributed by atoms with E-state index in [9.17, 15) is 5.11 Å². The van der Waals surface area contributed by atoms with Crippen LogP contribution in [0, 0.1) is 5.92 Å². The molecule has 3 heteroatoms. The standard InChI is InChI=1S/C9H18N2O/c1-3-7(8(12)4-2)9-10-5-6-11-9/h7-8,12H,3-6H2,1-2H3,(H,10,11). The molecule has 2 N–H and O–H groups in total. The second kappa shape index (κ2) is 4.45. The van der Waals surface area contributed by atoms with Crippen LogP contribution in [-0.2, 0) is 0 Å². The van der Waals surface area contributed by atoms with Gasteiger partial charge >= 0.3 is 0 Å². The molecule has 2 atom stereocenters. The van der Waals surface area contributed by atoms with Crippen LogP contribution >= 0.6 is 0 Å². The van der Waals surface area contributed by atoms with Gasteiger partial charge in [-0.25, -0.2) is 0 Å². The number of rotatable bonds is 4. The summed E-state index contributed by atoms with van der Waals surface area (Å²) >= 11 is 0. The third-order valence-electron chi connectivity index (χ3n) is 2.37. The highest BCUT2D eigenvalue weighted by atomic mass is 16.3. The van der Waals surface area contributed by atoms with E-state index >= 15 is 0 Å².